The molecule has 0 radical (unpaired) electrons. The number of carbonyl (C=O) groups is 1. The monoisotopic (exact) mass is 157 g/mol. The van der Waals surface area contributed by atoms with Gasteiger partial charge in [0, 0.05) is 0 Å². The number of amides is 1. The Balaban J connectivity index is 2.39. The van der Waals surface area contributed by atoms with Crippen molar-refractivity contribution in [2.75, 3.05) is 20.3 Å². The predicted octanol–water partition coefficient (Wildman–Crippen LogP) is -0.887. The number of nitrogens with two attached hydrogens (primary N) is 1. The topological polar surface area (TPSA) is 58.4 Å². The van der Waals surface area contributed by atoms with E-state index in [-0.39, 0.29) is 18.6 Å². The lowest BCUT2D eigenvalue weighted by molar-refractivity contribution is -0.124. The molecule has 0 aromatic rings. The van der Waals surface area contributed by atoms with Crippen molar-refractivity contribution < 1.29 is 4.79 Å². The molecule has 1 fully saturated rings. The van der Waals surface area contributed by atoms with Crippen LogP contribution in [0.25, 0.3) is 0 Å². The molecule has 1 rings (SSSR count). The summed E-state index contributed by atoms with van der Waals surface area (Å²) in [7, 11) is 1.97. The Morgan fingerprint density at radius 3 is 3.00 bits per heavy atom. The van der Waals surface area contributed by atoms with Gasteiger partial charge in [0.25, 0.3) is 0 Å². The maximum atomic E-state index is 11.2. The van der Waals surface area contributed by atoms with Gasteiger partial charge in [-0.1, -0.05) is 0 Å². The fourth-order valence-corrected chi connectivity index (χ4v) is 1.46. The summed E-state index contributed by atoms with van der Waals surface area (Å²) in [5, 5.41) is 2.62. The van der Waals surface area contributed by atoms with Gasteiger partial charge in [-0.2, -0.15) is 0 Å². The van der Waals surface area contributed by atoms with Crippen LogP contribution in [-0.4, -0.2) is 37.1 Å². The molecular weight excluding hydrogens is 142 g/mol. The average molecular weight is 157 g/mol. The molecule has 3 N–H and O–H groups in total. The molecule has 0 aromatic carbocycles. The highest BCUT2D eigenvalue weighted by Gasteiger charge is 2.26. The number of hydrogen-bond acceptors (Lipinski definition) is 3. The Labute approximate surface area is 66.7 Å². The van der Waals surface area contributed by atoms with Crippen molar-refractivity contribution in [1.82, 2.24) is 10.2 Å². The SMILES string of the molecule is CN1CCC[C@H]1C(=O)NCN. The first-order valence-electron chi connectivity index (χ1n) is 3.93. The minimum Gasteiger partial charge on any atom is -0.342 e. The third-order valence-electron chi connectivity index (χ3n) is 2.10. The van der Waals surface area contributed by atoms with Gasteiger partial charge in [0.15, 0.2) is 0 Å². The molecule has 4 heteroatoms. The van der Waals surface area contributed by atoms with E-state index in [0.29, 0.717) is 0 Å². The fourth-order valence-electron chi connectivity index (χ4n) is 1.46. The summed E-state index contributed by atoms with van der Waals surface area (Å²) in [6.45, 7) is 1.26. The molecule has 1 aliphatic heterocycles. The van der Waals surface area contributed by atoms with Gasteiger partial charge in [0.2, 0.25) is 5.91 Å². The molecule has 0 aromatic heterocycles. The molecule has 0 saturated carbocycles. The second-order valence-corrected chi connectivity index (χ2v) is 2.88. The van der Waals surface area contributed by atoms with Gasteiger partial charge in [-0.3, -0.25) is 9.69 Å². The Morgan fingerprint density at radius 2 is 2.55 bits per heavy atom. The minimum atomic E-state index is 0.0542. The van der Waals surface area contributed by atoms with E-state index in [1.807, 2.05) is 7.05 Å². The fraction of sp³-hybridized carbons (Fsp3) is 0.857. The maximum Gasteiger partial charge on any atom is 0.238 e. The van der Waals surface area contributed by atoms with Crippen molar-refractivity contribution in [3.63, 3.8) is 0 Å². The number of likely N-dealkylation sites (tertiary alicyclic amines) is 1. The maximum absolute atomic E-state index is 11.2. The Morgan fingerprint density at radius 1 is 1.82 bits per heavy atom. The molecule has 0 spiro atoms. The molecule has 1 aliphatic rings. The van der Waals surface area contributed by atoms with Crippen molar-refractivity contribution in [2.24, 2.45) is 5.73 Å². The largest absolute Gasteiger partial charge is 0.342 e. The first kappa shape index (κ1) is 8.49. The highest BCUT2D eigenvalue weighted by atomic mass is 16.2. The van der Waals surface area contributed by atoms with E-state index in [2.05, 4.69) is 10.2 Å². The lowest BCUT2D eigenvalue weighted by Gasteiger charge is -2.17. The molecule has 64 valence electrons. The van der Waals surface area contributed by atoms with Crippen LogP contribution in [0.5, 0.6) is 0 Å². The van der Waals surface area contributed by atoms with Crippen molar-refractivity contribution in [2.45, 2.75) is 18.9 Å². The van der Waals surface area contributed by atoms with Crippen LogP contribution >= 0.6 is 0 Å². The van der Waals surface area contributed by atoms with Crippen LogP contribution in [0.2, 0.25) is 0 Å². The van der Waals surface area contributed by atoms with E-state index in [1.165, 1.54) is 0 Å². The molecule has 4 nitrogen and oxygen atoms in total. The summed E-state index contributed by atoms with van der Waals surface area (Å²) in [5.41, 5.74) is 5.19. The van der Waals surface area contributed by atoms with Gasteiger partial charge in [-0.15, -0.1) is 0 Å². The van der Waals surface area contributed by atoms with E-state index in [0.717, 1.165) is 19.4 Å². The molecule has 1 atom stereocenters. The smallest absolute Gasteiger partial charge is 0.238 e. The molecule has 0 bridgehead atoms. The number of rotatable bonds is 2. The number of nitrogens with one attached hydrogen (secondary N) is 1. The van der Waals surface area contributed by atoms with Crippen molar-refractivity contribution in [1.29, 1.82) is 0 Å². The Hall–Kier alpha value is -0.610. The van der Waals surface area contributed by atoms with E-state index in [4.69, 9.17) is 5.73 Å². The van der Waals surface area contributed by atoms with Crippen LogP contribution in [0.15, 0.2) is 0 Å². The van der Waals surface area contributed by atoms with E-state index < -0.39 is 0 Å². The van der Waals surface area contributed by atoms with Gasteiger partial charge in [0.05, 0.1) is 12.7 Å². The van der Waals surface area contributed by atoms with E-state index >= 15 is 0 Å². The van der Waals surface area contributed by atoms with Crippen LogP contribution in [-0.2, 0) is 4.79 Å². The highest BCUT2D eigenvalue weighted by Crippen LogP contribution is 2.13. The lowest BCUT2D eigenvalue weighted by Crippen LogP contribution is -2.43. The molecular formula is C7H15N3O. The molecule has 11 heavy (non-hydrogen) atoms. The van der Waals surface area contributed by atoms with Crippen molar-refractivity contribution in [3.05, 3.63) is 0 Å². The van der Waals surface area contributed by atoms with Gasteiger partial charge in [-0.05, 0) is 26.4 Å². The minimum absolute atomic E-state index is 0.0542. The Kier molecular flexibility index (Phi) is 2.84. The standard InChI is InChI=1S/C7H15N3O/c1-10-4-2-3-6(10)7(11)9-5-8/h6H,2-5,8H2,1H3,(H,9,11)/t6-/m0/s1. The summed E-state index contributed by atoms with van der Waals surface area (Å²) in [6.07, 6.45) is 2.07. The second-order valence-electron chi connectivity index (χ2n) is 2.88. The van der Waals surface area contributed by atoms with Crippen molar-refractivity contribution >= 4 is 5.91 Å². The van der Waals surface area contributed by atoms with Crippen molar-refractivity contribution in [3.8, 4) is 0 Å². The first-order chi connectivity index (χ1) is 5.25. The summed E-state index contributed by atoms with van der Waals surface area (Å²) in [4.78, 5) is 13.3. The third-order valence-corrected chi connectivity index (χ3v) is 2.10. The summed E-state index contributed by atoms with van der Waals surface area (Å²) < 4.78 is 0. The molecule has 0 unspecified atom stereocenters. The first-order valence-corrected chi connectivity index (χ1v) is 3.93. The van der Waals surface area contributed by atoms with E-state index in [1.54, 1.807) is 0 Å². The zero-order chi connectivity index (χ0) is 8.27. The highest BCUT2D eigenvalue weighted by molar-refractivity contribution is 5.81. The Bertz CT molecular complexity index is 149. The average Bonchev–Trinajstić information content (AvgIpc) is 2.36. The normalized spacial score (nSPS) is 25.5. The van der Waals surface area contributed by atoms with Crippen LogP contribution in [0.4, 0.5) is 0 Å². The van der Waals surface area contributed by atoms with Crippen LogP contribution in [0.1, 0.15) is 12.8 Å². The van der Waals surface area contributed by atoms with E-state index in [9.17, 15) is 4.79 Å². The zero-order valence-corrected chi connectivity index (χ0v) is 6.84. The predicted molar refractivity (Wildman–Crippen MR) is 42.8 cm³/mol. The summed E-state index contributed by atoms with van der Waals surface area (Å²) in [6, 6.07) is 0.0542. The lowest BCUT2D eigenvalue weighted by atomic mass is 10.2. The van der Waals surface area contributed by atoms with Gasteiger partial charge >= 0.3 is 0 Å². The van der Waals surface area contributed by atoms with Gasteiger partial charge < -0.3 is 11.1 Å². The zero-order valence-electron chi connectivity index (χ0n) is 6.84. The summed E-state index contributed by atoms with van der Waals surface area (Å²) >= 11 is 0. The molecule has 0 aliphatic carbocycles. The molecule has 1 heterocycles. The second kappa shape index (κ2) is 3.69. The summed E-state index contributed by atoms with van der Waals surface area (Å²) in [5.74, 6) is 0.0625. The quantitative estimate of drug-likeness (QED) is 0.511. The van der Waals surface area contributed by atoms with Gasteiger partial charge in [0.1, 0.15) is 0 Å². The number of likely N-dealkylation sites (N-methyl/N-ethyl adjacent to an activating group) is 1. The number of carbonyl (C=O) groups excluding carboxylic acids is 1. The van der Waals surface area contributed by atoms with Crippen LogP contribution in [0, 0.1) is 0 Å². The molecule has 1 amide bonds. The van der Waals surface area contributed by atoms with Crippen LogP contribution in [0.3, 0.4) is 0 Å². The molecule has 1 saturated heterocycles. The third kappa shape index (κ3) is 1.91. The van der Waals surface area contributed by atoms with Gasteiger partial charge in [-0.25, -0.2) is 0 Å². The number of hydrogen-bond donors (Lipinski definition) is 2. The number of nitrogens with zero attached hydrogens (tertiary/aromatic N) is 1. The van der Waals surface area contributed by atoms with Crippen LogP contribution < -0.4 is 11.1 Å².